The zero-order valence-electron chi connectivity index (χ0n) is 15.2. The molecule has 4 rings (SSSR count). The van der Waals surface area contributed by atoms with Crippen molar-refractivity contribution in [3.05, 3.63) is 108 Å². The first-order valence-corrected chi connectivity index (χ1v) is 9.10. The molecule has 1 unspecified atom stereocenters. The van der Waals surface area contributed by atoms with Gasteiger partial charge in [0.05, 0.1) is 6.04 Å². The van der Waals surface area contributed by atoms with Gasteiger partial charge in [-0.2, -0.15) is 0 Å². The molecule has 1 atom stereocenters. The molecule has 0 heterocycles. The van der Waals surface area contributed by atoms with E-state index in [9.17, 15) is 9.90 Å². The first-order valence-electron chi connectivity index (χ1n) is 9.10. The Balaban J connectivity index is 1.75. The van der Waals surface area contributed by atoms with E-state index in [1.807, 2.05) is 91.0 Å². The van der Waals surface area contributed by atoms with E-state index in [4.69, 9.17) is 0 Å². The number of carbonyl (C=O) groups excluding carboxylic acids is 1. The molecule has 4 aromatic rings. The standard InChI is InChI=1S/C24H20N2O2/c27-21-16-15-17-9-7-8-14-20(17)22(21)23(18-10-3-1-4-11-18)26-24(28)25-19-12-5-2-6-13-19/h1-16,23,27H,(H2,25,26,28). The van der Waals surface area contributed by atoms with E-state index in [-0.39, 0.29) is 11.8 Å². The van der Waals surface area contributed by atoms with Gasteiger partial charge in [-0.25, -0.2) is 4.79 Å². The molecule has 138 valence electrons. The lowest BCUT2D eigenvalue weighted by molar-refractivity contribution is 0.250. The van der Waals surface area contributed by atoms with Crippen molar-refractivity contribution in [3.63, 3.8) is 0 Å². The summed E-state index contributed by atoms with van der Waals surface area (Å²) in [6.45, 7) is 0. The molecule has 4 aromatic carbocycles. The number of rotatable bonds is 4. The molecule has 0 aliphatic heterocycles. The van der Waals surface area contributed by atoms with Crippen molar-refractivity contribution in [2.24, 2.45) is 0 Å². The highest BCUT2D eigenvalue weighted by atomic mass is 16.3. The number of fused-ring (bicyclic) bond motifs is 1. The first kappa shape index (κ1) is 17.6. The smallest absolute Gasteiger partial charge is 0.319 e. The van der Waals surface area contributed by atoms with Gasteiger partial charge in [0.1, 0.15) is 5.75 Å². The predicted molar refractivity (Wildman–Crippen MR) is 112 cm³/mol. The second-order valence-electron chi connectivity index (χ2n) is 6.53. The highest BCUT2D eigenvalue weighted by Gasteiger charge is 2.22. The average molecular weight is 368 g/mol. The van der Waals surface area contributed by atoms with Gasteiger partial charge in [-0.15, -0.1) is 0 Å². The van der Waals surface area contributed by atoms with Crippen molar-refractivity contribution < 1.29 is 9.90 Å². The van der Waals surface area contributed by atoms with Crippen LogP contribution in [0.4, 0.5) is 10.5 Å². The van der Waals surface area contributed by atoms with Crippen LogP contribution in [0.2, 0.25) is 0 Å². The van der Waals surface area contributed by atoms with E-state index in [0.29, 0.717) is 11.3 Å². The maximum Gasteiger partial charge on any atom is 0.319 e. The molecule has 3 N–H and O–H groups in total. The Morgan fingerprint density at radius 3 is 2.14 bits per heavy atom. The van der Waals surface area contributed by atoms with E-state index >= 15 is 0 Å². The molecule has 4 nitrogen and oxygen atoms in total. The highest BCUT2D eigenvalue weighted by molar-refractivity contribution is 5.92. The SMILES string of the molecule is O=C(Nc1ccccc1)NC(c1ccccc1)c1c(O)ccc2ccccc12. The largest absolute Gasteiger partial charge is 0.508 e. The van der Waals surface area contributed by atoms with Crippen molar-refractivity contribution in [1.82, 2.24) is 5.32 Å². The molecular formula is C24H20N2O2. The van der Waals surface area contributed by atoms with Crippen LogP contribution in [0, 0.1) is 0 Å². The second kappa shape index (κ2) is 7.84. The summed E-state index contributed by atoms with van der Waals surface area (Å²) in [5, 5.41) is 18.4. The highest BCUT2D eigenvalue weighted by Crippen LogP contribution is 2.35. The fourth-order valence-electron chi connectivity index (χ4n) is 3.37. The number of phenols is 1. The molecule has 28 heavy (non-hydrogen) atoms. The topological polar surface area (TPSA) is 61.4 Å². The van der Waals surface area contributed by atoms with Crippen LogP contribution in [-0.2, 0) is 0 Å². The fourth-order valence-corrected chi connectivity index (χ4v) is 3.37. The van der Waals surface area contributed by atoms with Crippen molar-refractivity contribution in [2.75, 3.05) is 5.32 Å². The Morgan fingerprint density at radius 1 is 0.750 bits per heavy atom. The molecule has 0 aromatic heterocycles. The van der Waals surface area contributed by atoms with E-state index in [2.05, 4.69) is 10.6 Å². The normalized spacial score (nSPS) is 11.7. The maximum atomic E-state index is 12.7. The summed E-state index contributed by atoms with van der Waals surface area (Å²) >= 11 is 0. The van der Waals surface area contributed by atoms with Crippen LogP contribution in [0.5, 0.6) is 5.75 Å². The number of para-hydroxylation sites is 1. The molecule has 0 aliphatic carbocycles. The summed E-state index contributed by atoms with van der Waals surface area (Å²) in [6.07, 6.45) is 0. The van der Waals surface area contributed by atoms with E-state index < -0.39 is 6.04 Å². The Labute approximate surface area is 163 Å². The number of phenolic OH excluding ortho intramolecular Hbond substituents is 1. The van der Waals surface area contributed by atoms with Gasteiger partial charge >= 0.3 is 6.03 Å². The number of anilines is 1. The molecular weight excluding hydrogens is 348 g/mol. The third-order valence-corrected chi connectivity index (χ3v) is 4.68. The van der Waals surface area contributed by atoms with Gasteiger partial charge in [0, 0.05) is 11.3 Å². The molecule has 0 bridgehead atoms. The van der Waals surface area contributed by atoms with Crippen LogP contribution >= 0.6 is 0 Å². The van der Waals surface area contributed by atoms with Gasteiger partial charge in [0.15, 0.2) is 0 Å². The minimum absolute atomic E-state index is 0.146. The third kappa shape index (κ3) is 3.67. The Bertz CT molecular complexity index is 1100. The predicted octanol–water partition coefficient (Wildman–Crippen LogP) is 5.46. The molecule has 0 radical (unpaired) electrons. The number of carbonyl (C=O) groups is 1. The second-order valence-corrected chi connectivity index (χ2v) is 6.53. The Kier molecular flexibility index (Phi) is 4.93. The minimum atomic E-state index is -0.504. The van der Waals surface area contributed by atoms with Crippen LogP contribution < -0.4 is 10.6 Å². The van der Waals surface area contributed by atoms with Crippen LogP contribution in [0.3, 0.4) is 0 Å². The molecule has 0 spiro atoms. The summed E-state index contributed by atoms with van der Waals surface area (Å²) in [6, 6.07) is 29.4. The lowest BCUT2D eigenvalue weighted by atomic mass is 9.93. The van der Waals surface area contributed by atoms with E-state index in [0.717, 1.165) is 16.3 Å². The quantitative estimate of drug-likeness (QED) is 0.448. The van der Waals surface area contributed by atoms with Crippen molar-refractivity contribution in [2.45, 2.75) is 6.04 Å². The van der Waals surface area contributed by atoms with Crippen molar-refractivity contribution in [3.8, 4) is 5.75 Å². The van der Waals surface area contributed by atoms with Gasteiger partial charge in [-0.1, -0.05) is 78.9 Å². The lowest BCUT2D eigenvalue weighted by Crippen LogP contribution is -2.33. The van der Waals surface area contributed by atoms with E-state index in [1.165, 1.54) is 0 Å². The molecule has 0 saturated heterocycles. The van der Waals surface area contributed by atoms with Crippen LogP contribution in [0.25, 0.3) is 10.8 Å². The molecule has 0 fully saturated rings. The van der Waals surface area contributed by atoms with Gasteiger partial charge < -0.3 is 15.7 Å². The Morgan fingerprint density at radius 2 is 1.39 bits per heavy atom. The molecule has 0 aliphatic rings. The summed E-state index contributed by atoms with van der Waals surface area (Å²) in [5.74, 6) is 0.146. The van der Waals surface area contributed by atoms with Gasteiger partial charge in [-0.3, -0.25) is 0 Å². The van der Waals surface area contributed by atoms with Crippen LogP contribution in [0.15, 0.2) is 97.1 Å². The Hall–Kier alpha value is -3.79. The van der Waals surface area contributed by atoms with Crippen molar-refractivity contribution in [1.29, 1.82) is 0 Å². The molecule has 0 saturated carbocycles. The van der Waals surface area contributed by atoms with Gasteiger partial charge in [-0.05, 0) is 34.5 Å². The number of hydrogen-bond donors (Lipinski definition) is 3. The zero-order chi connectivity index (χ0) is 19.3. The van der Waals surface area contributed by atoms with E-state index in [1.54, 1.807) is 6.07 Å². The van der Waals surface area contributed by atoms with Crippen LogP contribution in [-0.4, -0.2) is 11.1 Å². The van der Waals surface area contributed by atoms with Gasteiger partial charge in [0.25, 0.3) is 0 Å². The monoisotopic (exact) mass is 368 g/mol. The summed E-state index contributed by atoms with van der Waals surface area (Å²) < 4.78 is 0. The summed E-state index contributed by atoms with van der Waals surface area (Å²) in [7, 11) is 0. The minimum Gasteiger partial charge on any atom is -0.508 e. The number of nitrogens with one attached hydrogen (secondary N) is 2. The zero-order valence-corrected chi connectivity index (χ0v) is 15.2. The number of amides is 2. The summed E-state index contributed by atoms with van der Waals surface area (Å²) in [4.78, 5) is 12.7. The average Bonchev–Trinajstić information content (AvgIpc) is 2.74. The molecule has 4 heteroatoms. The lowest BCUT2D eigenvalue weighted by Gasteiger charge is -2.23. The molecule has 2 amide bonds. The number of benzene rings is 4. The number of urea groups is 1. The number of aromatic hydroxyl groups is 1. The number of hydrogen-bond acceptors (Lipinski definition) is 2. The fraction of sp³-hybridized carbons (Fsp3) is 0.0417. The maximum absolute atomic E-state index is 12.7. The summed E-state index contributed by atoms with van der Waals surface area (Å²) in [5.41, 5.74) is 2.26. The van der Waals surface area contributed by atoms with Crippen LogP contribution in [0.1, 0.15) is 17.2 Å². The first-order chi connectivity index (χ1) is 13.7. The van der Waals surface area contributed by atoms with Crippen molar-refractivity contribution >= 4 is 22.5 Å². The third-order valence-electron chi connectivity index (χ3n) is 4.68. The van der Waals surface area contributed by atoms with Gasteiger partial charge in [0.2, 0.25) is 0 Å².